The summed E-state index contributed by atoms with van der Waals surface area (Å²) in [5.41, 5.74) is 0.982. The molecule has 5 heteroatoms. The van der Waals surface area contributed by atoms with Gasteiger partial charge in [-0.3, -0.25) is 4.90 Å². The SMILES string of the molecule is CCNc1cc(C)nc(CN(CCO)C2CC2)n1. The van der Waals surface area contributed by atoms with Gasteiger partial charge in [0.1, 0.15) is 11.6 Å². The largest absolute Gasteiger partial charge is 0.395 e. The van der Waals surface area contributed by atoms with Gasteiger partial charge in [-0.1, -0.05) is 0 Å². The third-order valence-corrected chi connectivity index (χ3v) is 3.05. The Morgan fingerprint density at radius 3 is 2.83 bits per heavy atom. The first-order valence-corrected chi connectivity index (χ1v) is 6.66. The van der Waals surface area contributed by atoms with Gasteiger partial charge in [0.05, 0.1) is 13.2 Å². The van der Waals surface area contributed by atoms with Gasteiger partial charge in [0, 0.05) is 30.9 Å². The van der Waals surface area contributed by atoms with Crippen LogP contribution < -0.4 is 5.32 Å². The molecule has 1 aromatic heterocycles. The van der Waals surface area contributed by atoms with Crippen LogP contribution in [-0.4, -0.2) is 45.7 Å². The molecule has 18 heavy (non-hydrogen) atoms. The number of aromatic nitrogens is 2. The molecule has 1 aromatic rings. The third kappa shape index (κ3) is 3.65. The van der Waals surface area contributed by atoms with E-state index in [0.717, 1.165) is 30.4 Å². The van der Waals surface area contributed by atoms with E-state index in [9.17, 15) is 0 Å². The molecule has 0 amide bonds. The summed E-state index contributed by atoms with van der Waals surface area (Å²) in [7, 11) is 0. The summed E-state index contributed by atoms with van der Waals surface area (Å²) in [5.74, 6) is 1.73. The first-order chi connectivity index (χ1) is 8.72. The topological polar surface area (TPSA) is 61.3 Å². The van der Waals surface area contributed by atoms with Crippen LogP contribution in [0.4, 0.5) is 5.82 Å². The zero-order valence-electron chi connectivity index (χ0n) is 11.2. The van der Waals surface area contributed by atoms with Gasteiger partial charge >= 0.3 is 0 Å². The van der Waals surface area contributed by atoms with Gasteiger partial charge in [-0.15, -0.1) is 0 Å². The molecule has 0 bridgehead atoms. The van der Waals surface area contributed by atoms with Crippen molar-refractivity contribution in [3.05, 3.63) is 17.6 Å². The Balaban J connectivity index is 2.06. The Hall–Kier alpha value is -1.20. The van der Waals surface area contributed by atoms with E-state index in [0.29, 0.717) is 12.6 Å². The fraction of sp³-hybridized carbons (Fsp3) is 0.692. The van der Waals surface area contributed by atoms with Crippen molar-refractivity contribution in [3.8, 4) is 0 Å². The van der Waals surface area contributed by atoms with E-state index < -0.39 is 0 Å². The zero-order chi connectivity index (χ0) is 13.0. The summed E-state index contributed by atoms with van der Waals surface area (Å²) in [4.78, 5) is 11.3. The molecule has 0 aliphatic heterocycles. The lowest BCUT2D eigenvalue weighted by Gasteiger charge is -2.20. The minimum absolute atomic E-state index is 0.197. The van der Waals surface area contributed by atoms with Crippen LogP contribution in [0.5, 0.6) is 0 Å². The summed E-state index contributed by atoms with van der Waals surface area (Å²) < 4.78 is 0. The van der Waals surface area contributed by atoms with Crippen LogP contribution in [-0.2, 0) is 6.54 Å². The summed E-state index contributed by atoms with van der Waals surface area (Å²) in [6.07, 6.45) is 2.46. The van der Waals surface area contributed by atoms with Crippen LogP contribution in [0.25, 0.3) is 0 Å². The van der Waals surface area contributed by atoms with Gasteiger partial charge in [0.15, 0.2) is 0 Å². The number of hydrogen-bond donors (Lipinski definition) is 2. The lowest BCUT2D eigenvalue weighted by molar-refractivity contribution is 0.180. The molecular weight excluding hydrogens is 228 g/mol. The van der Waals surface area contributed by atoms with E-state index in [4.69, 9.17) is 5.11 Å². The molecule has 1 heterocycles. The fourth-order valence-electron chi connectivity index (χ4n) is 2.11. The molecule has 1 aliphatic carbocycles. The highest BCUT2D eigenvalue weighted by Gasteiger charge is 2.29. The average molecular weight is 250 g/mol. The second-order valence-corrected chi connectivity index (χ2v) is 4.77. The Bertz CT molecular complexity index is 393. The second-order valence-electron chi connectivity index (χ2n) is 4.77. The molecule has 5 nitrogen and oxygen atoms in total. The minimum atomic E-state index is 0.197. The summed E-state index contributed by atoms with van der Waals surface area (Å²) in [5, 5.41) is 12.3. The van der Waals surface area contributed by atoms with Gasteiger partial charge in [0.2, 0.25) is 0 Å². The van der Waals surface area contributed by atoms with Crippen LogP contribution in [0.3, 0.4) is 0 Å². The van der Waals surface area contributed by atoms with E-state index in [1.165, 1.54) is 12.8 Å². The number of hydrogen-bond acceptors (Lipinski definition) is 5. The van der Waals surface area contributed by atoms with Crippen molar-refractivity contribution >= 4 is 5.82 Å². The van der Waals surface area contributed by atoms with Crippen molar-refractivity contribution in [1.82, 2.24) is 14.9 Å². The van der Waals surface area contributed by atoms with E-state index in [2.05, 4.69) is 27.1 Å². The standard InChI is InChI=1S/C13H22N4O/c1-3-14-12-8-10(2)15-13(16-12)9-17(6-7-18)11-4-5-11/h8,11,18H,3-7,9H2,1-2H3,(H,14,15,16). The van der Waals surface area contributed by atoms with Gasteiger partial charge in [0.25, 0.3) is 0 Å². The molecule has 1 fully saturated rings. The molecule has 2 N–H and O–H groups in total. The highest BCUT2D eigenvalue weighted by molar-refractivity contribution is 5.35. The normalized spacial score (nSPS) is 15.1. The molecule has 0 atom stereocenters. The van der Waals surface area contributed by atoms with E-state index >= 15 is 0 Å². The van der Waals surface area contributed by atoms with Crippen molar-refractivity contribution in [3.63, 3.8) is 0 Å². The number of aryl methyl sites for hydroxylation is 1. The number of aliphatic hydroxyl groups excluding tert-OH is 1. The van der Waals surface area contributed by atoms with Gasteiger partial charge < -0.3 is 10.4 Å². The van der Waals surface area contributed by atoms with Crippen LogP contribution in [0.15, 0.2) is 6.07 Å². The summed E-state index contributed by atoms with van der Waals surface area (Å²) >= 11 is 0. The quantitative estimate of drug-likeness (QED) is 0.761. The minimum Gasteiger partial charge on any atom is -0.395 e. The zero-order valence-corrected chi connectivity index (χ0v) is 11.2. The van der Waals surface area contributed by atoms with Crippen molar-refractivity contribution in [2.45, 2.75) is 39.3 Å². The van der Waals surface area contributed by atoms with Crippen molar-refractivity contribution in [2.24, 2.45) is 0 Å². The third-order valence-electron chi connectivity index (χ3n) is 3.05. The van der Waals surface area contributed by atoms with Crippen LogP contribution in [0.1, 0.15) is 31.3 Å². The van der Waals surface area contributed by atoms with Gasteiger partial charge in [-0.2, -0.15) is 0 Å². The maximum absolute atomic E-state index is 9.09. The van der Waals surface area contributed by atoms with Crippen LogP contribution in [0.2, 0.25) is 0 Å². The lowest BCUT2D eigenvalue weighted by atomic mass is 10.3. The molecule has 0 unspecified atom stereocenters. The van der Waals surface area contributed by atoms with Gasteiger partial charge in [-0.05, 0) is 26.7 Å². The summed E-state index contributed by atoms with van der Waals surface area (Å²) in [6.45, 7) is 6.53. The molecule has 0 spiro atoms. The maximum Gasteiger partial charge on any atom is 0.144 e. The molecule has 100 valence electrons. The van der Waals surface area contributed by atoms with Gasteiger partial charge in [-0.25, -0.2) is 9.97 Å². The predicted molar refractivity (Wildman–Crippen MR) is 71.5 cm³/mol. The molecule has 1 aliphatic rings. The Labute approximate surface area is 108 Å². The molecule has 0 saturated heterocycles. The first kappa shape index (κ1) is 13.2. The molecule has 0 aromatic carbocycles. The Morgan fingerprint density at radius 2 is 2.22 bits per heavy atom. The number of nitrogens with zero attached hydrogens (tertiary/aromatic N) is 3. The van der Waals surface area contributed by atoms with Crippen LogP contribution >= 0.6 is 0 Å². The van der Waals surface area contributed by atoms with Crippen LogP contribution in [0, 0.1) is 6.92 Å². The highest BCUT2D eigenvalue weighted by Crippen LogP contribution is 2.27. The number of rotatable bonds is 7. The predicted octanol–water partition coefficient (Wildman–Crippen LogP) is 1.17. The fourth-order valence-corrected chi connectivity index (χ4v) is 2.11. The monoisotopic (exact) mass is 250 g/mol. The van der Waals surface area contributed by atoms with E-state index in [1.54, 1.807) is 0 Å². The first-order valence-electron chi connectivity index (χ1n) is 6.66. The lowest BCUT2D eigenvalue weighted by Crippen LogP contribution is -2.29. The molecular formula is C13H22N4O. The average Bonchev–Trinajstić information content (AvgIpc) is 3.12. The number of aliphatic hydroxyl groups is 1. The molecule has 0 radical (unpaired) electrons. The highest BCUT2D eigenvalue weighted by atomic mass is 16.3. The van der Waals surface area contributed by atoms with Crippen molar-refractivity contribution in [1.29, 1.82) is 0 Å². The van der Waals surface area contributed by atoms with E-state index in [-0.39, 0.29) is 6.61 Å². The Kier molecular flexibility index (Phi) is 4.49. The number of anilines is 1. The second kappa shape index (κ2) is 6.11. The summed E-state index contributed by atoms with van der Waals surface area (Å²) in [6, 6.07) is 2.57. The van der Waals surface area contributed by atoms with E-state index in [1.807, 2.05) is 13.0 Å². The molecule has 2 rings (SSSR count). The van der Waals surface area contributed by atoms with Crippen molar-refractivity contribution < 1.29 is 5.11 Å². The number of nitrogens with one attached hydrogen (secondary N) is 1. The molecule has 1 saturated carbocycles. The smallest absolute Gasteiger partial charge is 0.144 e. The van der Waals surface area contributed by atoms with Crippen molar-refractivity contribution in [2.75, 3.05) is 25.0 Å². The maximum atomic E-state index is 9.09. The Morgan fingerprint density at radius 1 is 1.44 bits per heavy atom.